The minimum Gasteiger partial charge on any atom is -0.508 e. The number of aromatic hydroxyl groups is 1. The molecule has 0 spiro atoms. The van der Waals surface area contributed by atoms with Crippen LogP contribution in [-0.2, 0) is 58.3 Å². The number of hydroxylamine groups is 4. The molecular weight excluding hydrogens is 1350 g/mol. The Balaban J connectivity index is 0.869. The molecule has 11 nitrogen and oxygen atoms in total. The van der Waals surface area contributed by atoms with E-state index in [0.717, 1.165) is 239 Å². The Morgan fingerprint density at radius 1 is 0.284 bits per heavy atom. The number of anilines is 2. The van der Waals surface area contributed by atoms with E-state index in [4.69, 9.17) is 0 Å². The summed E-state index contributed by atoms with van der Waals surface area (Å²) in [4.78, 5) is 58.8. The summed E-state index contributed by atoms with van der Waals surface area (Å²) in [6.07, 6.45) is 20.7. The average molecular weight is 1450 g/mol. The number of phenols is 1. The van der Waals surface area contributed by atoms with Gasteiger partial charge < -0.3 is 5.11 Å². The second kappa shape index (κ2) is 33.1. The standard InChI is InChI=1S/C98H100N4O7/c1-13-17-21-25-29-72-60-78(74(31-27-23-19-15-3)58-76(72)45-35-67-39-49-80(50-40-67)99-91(104)83-62-87-88(63-84(83)92(99)105)96(7,8)101(108)95(87,5)6)47-37-70-55-69(34-33-66-43-53-82(103)54-44-66)56-71(57-70)38-48-79-61-73(30-26-22-18-14-2)77(59-75(79)32-28-24-20-16-4)46-36-68-41-51-81(52-42-68)100-93(106)85-64-89-90(65-86(85)94(100)107)98(11,12)102(109)97(89,9)10/h39-44,49-65,103H,13-32H2,1-12H3. The van der Waals surface area contributed by atoms with Crippen LogP contribution in [0.3, 0.4) is 0 Å². The van der Waals surface area contributed by atoms with Crippen LogP contribution in [-0.4, -0.2) is 38.9 Å². The number of hydrogen-bond acceptors (Lipinski definition) is 7. The molecule has 8 aromatic carbocycles. The quantitative estimate of drug-likeness (QED) is 0.0405. The summed E-state index contributed by atoms with van der Waals surface area (Å²) in [6.45, 7) is 23.7. The number of amides is 4. The minimum absolute atomic E-state index is 0.169. The molecule has 2 radical (unpaired) electrons. The van der Waals surface area contributed by atoms with Crippen molar-refractivity contribution in [1.29, 1.82) is 0 Å². The van der Waals surface area contributed by atoms with Gasteiger partial charge >= 0.3 is 0 Å². The third-order valence-corrected chi connectivity index (χ3v) is 22.3. The molecule has 0 saturated carbocycles. The zero-order valence-corrected chi connectivity index (χ0v) is 65.6. The fourth-order valence-corrected chi connectivity index (χ4v) is 16.0. The van der Waals surface area contributed by atoms with Gasteiger partial charge in [0.2, 0.25) is 0 Å². The zero-order valence-electron chi connectivity index (χ0n) is 65.6. The summed E-state index contributed by atoms with van der Waals surface area (Å²) >= 11 is 0. The van der Waals surface area contributed by atoms with E-state index in [0.29, 0.717) is 33.6 Å². The smallest absolute Gasteiger partial charge is 0.266 e. The molecule has 109 heavy (non-hydrogen) atoms. The van der Waals surface area contributed by atoms with Gasteiger partial charge in [-0.25, -0.2) is 9.80 Å². The van der Waals surface area contributed by atoms with Crippen LogP contribution in [0, 0.1) is 59.2 Å². The number of hydrogen-bond donors (Lipinski definition) is 1. The molecule has 1 N–H and O–H groups in total. The van der Waals surface area contributed by atoms with Crippen molar-refractivity contribution in [3.8, 4) is 65.0 Å². The first-order valence-electron chi connectivity index (χ1n) is 39.4. The highest BCUT2D eigenvalue weighted by Gasteiger charge is 2.54. The number of carbonyl (C=O) groups is 4. The highest BCUT2D eigenvalue weighted by Crippen LogP contribution is 2.52. The van der Waals surface area contributed by atoms with Crippen molar-refractivity contribution in [2.45, 2.75) is 234 Å². The van der Waals surface area contributed by atoms with Crippen LogP contribution in [0.25, 0.3) is 0 Å². The molecule has 0 fully saturated rings. The minimum atomic E-state index is -0.869. The van der Waals surface area contributed by atoms with E-state index in [1.165, 1.54) is 9.80 Å². The lowest BCUT2D eigenvalue weighted by Crippen LogP contribution is -2.41. The van der Waals surface area contributed by atoms with Crippen molar-refractivity contribution in [1.82, 2.24) is 10.1 Å². The largest absolute Gasteiger partial charge is 0.508 e. The van der Waals surface area contributed by atoms with Crippen molar-refractivity contribution >= 4 is 35.0 Å². The van der Waals surface area contributed by atoms with Crippen LogP contribution < -0.4 is 9.80 Å². The number of rotatable bonds is 22. The van der Waals surface area contributed by atoms with Gasteiger partial charge in [-0.2, -0.15) is 0 Å². The van der Waals surface area contributed by atoms with Crippen molar-refractivity contribution in [2.75, 3.05) is 9.80 Å². The molecular formula is C98H100N4O7. The van der Waals surface area contributed by atoms with E-state index in [9.17, 15) is 34.7 Å². The molecule has 12 rings (SSSR count). The van der Waals surface area contributed by atoms with E-state index < -0.39 is 45.8 Å². The number of phenolic OH excluding ortho intramolecular Hbond substituents is 1. The molecule has 0 atom stereocenters. The molecule has 0 saturated heterocycles. The third kappa shape index (κ3) is 16.4. The first kappa shape index (κ1) is 78.1. The fourth-order valence-electron chi connectivity index (χ4n) is 16.0. The molecule has 0 aliphatic carbocycles. The third-order valence-electron chi connectivity index (χ3n) is 22.3. The number of fused-ring (bicyclic) bond motifs is 4. The van der Waals surface area contributed by atoms with Crippen molar-refractivity contribution in [3.05, 3.63) is 262 Å². The maximum atomic E-state index is 14.1. The van der Waals surface area contributed by atoms with Crippen LogP contribution in [0.5, 0.6) is 5.75 Å². The van der Waals surface area contributed by atoms with Gasteiger partial charge in [-0.05, 0) is 291 Å². The maximum Gasteiger partial charge on any atom is 0.266 e. The molecule has 0 unspecified atom stereocenters. The number of unbranched alkanes of at least 4 members (excludes halogenated alkanes) is 12. The zero-order chi connectivity index (χ0) is 77.5. The summed E-state index contributed by atoms with van der Waals surface area (Å²) in [7, 11) is 0. The van der Waals surface area contributed by atoms with Crippen molar-refractivity contribution in [3.63, 3.8) is 0 Å². The number of aryl methyl sites for hydroxylation is 4. The normalized spacial score (nSPS) is 15.4. The number of carbonyl (C=O) groups excluding carboxylic acids is 4. The Morgan fingerprint density at radius 2 is 0.514 bits per heavy atom. The molecule has 4 heterocycles. The molecule has 4 aliphatic rings. The highest BCUT2D eigenvalue weighted by molar-refractivity contribution is 6.35. The lowest BCUT2D eigenvalue weighted by atomic mass is 9.87. The predicted octanol–water partition coefficient (Wildman–Crippen LogP) is 20.7. The summed E-state index contributed by atoms with van der Waals surface area (Å²) in [6, 6.07) is 43.6. The predicted molar refractivity (Wildman–Crippen MR) is 434 cm³/mol. The van der Waals surface area contributed by atoms with Crippen LogP contribution in [0.2, 0.25) is 0 Å². The molecule has 0 aromatic heterocycles. The van der Waals surface area contributed by atoms with E-state index >= 15 is 0 Å². The van der Waals surface area contributed by atoms with Gasteiger partial charge in [0.1, 0.15) is 5.75 Å². The number of imide groups is 2. The van der Waals surface area contributed by atoms with Gasteiger partial charge in [0.05, 0.1) is 55.8 Å². The Morgan fingerprint density at radius 3 is 0.771 bits per heavy atom. The van der Waals surface area contributed by atoms with Crippen LogP contribution in [0.15, 0.2) is 140 Å². The molecule has 0 bridgehead atoms. The first-order valence-corrected chi connectivity index (χ1v) is 39.4. The molecule has 11 heteroatoms. The van der Waals surface area contributed by atoms with Crippen LogP contribution in [0.1, 0.15) is 327 Å². The molecule has 554 valence electrons. The van der Waals surface area contributed by atoms with Gasteiger partial charge in [-0.3, -0.25) is 19.2 Å². The Labute approximate surface area is 646 Å². The SMILES string of the molecule is CCCCCCc1cc(C#Cc2cc(C#Cc3ccc(O)cc3)cc(C#Cc3cc(CCCCCC)c(C#Cc4ccc(N5C(=O)c6cc7c(cc6C5=O)C(C)(C)N([O])C7(C)C)cc4)cc3CCCCCC)c2)c(CCCCCC)cc1C#Cc1ccc(N2C(=O)c3cc4c(cc3C2=O)C(C)(C)N([O])C4(C)C)cc1. The molecule has 4 amide bonds. The maximum absolute atomic E-state index is 14.1. The molecule has 8 aromatic rings. The topological polar surface area (TPSA) is 141 Å². The van der Waals surface area contributed by atoms with Crippen molar-refractivity contribution in [2.24, 2.45) is 0 Å². The second-order valence-electron chi connectivity index (χ2n) is 31.9. The lowest BCUT2D eigenvalue weighted by molar-refractivity contribution is -0.266. The second-order valence-corrected chi connectivity index (χ2v) is 31.9. The lowest BCUT2D eigenvalue weighted by Gasteiger charge is -2.32. The van der Waals surface area contributed by atoms with Gasteiger partial charge in [0, 0.05) is 55.6 Å². The average Bonchev–Trinajstić information content (AvgIpc) is 1.56. The number of nitrogens with zero attached hydrogens (tertiary/aromatic N) is 4. The van der Waals surface area contributed by atoms with Crippen molar-refractivity contribution < 1.29 is 34.7 Å². The number of benzene rings is 8. The van der Waals surface area contributed by atoms with E-state index in [2.05, 4.69) is 117 Å². The van der Waals surface area contributed by atoms with Crippen LogP contribution in [0.4, 0.5) is 11.4 Å². The van der Waals surface area contributed by atoms with Gasteiger partial charge in [0.25, 0.3) is 23.6 Å². The fraction of sp³-hybridized carbons (Fsp3) is 0.367. The van der Waals surface area contributed by atoms with E-state index in [1.807, 2.05) is 91.8 Å². The summed E-state index contributed by atoms with van der Waals surface area (Å²) < 4.78 is 0. The summed E-state index contributed by atoms with van der Waals surface area (Å²) in [5, 5.41) is 39.1. The van der Waals surface area contributed by atoms with E-state index in [1.54, 1.807) is 72.8 Å². The van der Waals surface area contributed by atoms with Gasteiger partial charge in [0.15, 0.2) is 0 Å². The highest BCUT2D eigenvalue weighted by atomic mass is 16.5. The Bertz CT molecular complexity index is 4800. The van der Waals surface area contributed by atoms with Gasteiger partial charge in [-0.1, -0.05) is 164 Å². The summed E-state index contributed by atoms with van der Waals surface area (Å²) in [5.74, 6) is 33.9. The Kier molecular flexibility index (Phi) is 23.7. The molecule has 4 aliphatic heterocycles. The van der Waals surface area contributed by atoms with E-state index in [-0.39, 0.29) is 5.75 Å². The monoisotopic (exact) mass is 1440 g/mol. The summed E-state index contributed by atoms with van der Waals surface area (Å²) in [5.41, 5.74) is 14.6. The first-order chi connectivity index (χ1) is 52.3. The van der Waals surface area contributed by atoms with Gasteiger partial charge in [-0.15, -0.1) is 20.5 Å². The van der Waals surface area contributed by atoms with Crippen LogP contribution >= 0.6 is 0 Å². The Hall–Kier alpha value is -10.5.